The summed E-state index contributed by atoms with van der Waals surface area (Å²) < 4.78 is 25.1. The van der Waals surface area contributed by atoms with Crippen molar-refractivity contribution in [2.45, 2.75) is 44.2 Å². The summed E-state index contributed by atoms with van der Waals surface area (Å²) in [5, 5.41) is 15.2. The molecule has 6 N–H and O–H groups in total. The maximum atomic E-state index is 10.4. The van der Waals surface area contributed by atoms with Crippen LogP contribution in [0.3, 0.4) is 0 Å². The summed E-state index contributed by atoms with van der Waals surface area (Å²) in [5.41, 5.74) is 0. The zero-order chi connectivity index (χ0) is 14.9. The van der Waals surface area contributed by atoms with Crippen LogP contribution in [0.1, 0.15) is 20.8 Å². The molecule has 4 atom stereocenters. The average molecular weight is 308 g/mol. The maximum absolute atomic E-state index is 10.4. The van der Waals surface area contributed by atoms with E-state index in [1.54, 1.807) is 6.92 Å². The van der Waals surface area contributed by atoms with Crippen LogP contribution < -0.4 is 0 Å². The van der Waals surface area contributed by atoms with Gasteiger partial charge in [-0.15, -0.1) is 0 Å². The second kappa shape index (κ2) is 5.66. The summed E-state index contributed by atoms with van der Waals surface area (Å²) in [6.45, 7) is 3.63. The van der Waals surface area contributed by atoms with Crippen molar-refractivity contribution in [1.29, 1.82) is 0 Å². The minimum absolute atomic E-state index is 0.254. The first-order chi connectivity index (χ1) is 7.71. The number of rotatable bonds is 3. The molecule has 1 heterocycles. The number of hydrogen-bond donors (Lipinski definition) is 6. The summed E-state index contributed by atoms with van der Waals surface area (Å²) in [5.74, 6) is -0.817. The van der Waals surface area contributed by atoms with Crippen LogP contribution in [0.4, 0.5) is 0 Å². The minimum atomic E-state index is -4.62. The second-order valence-electron chi connectivity index (χ2n) is 4.13. The highest BCUT2D eigenvalue weighted by Gasteiger charge is 2.48. The topological polar surface area (TPSA) is 168 Å². The molecule has 0 spiro atoms. The molecule has 0 aliphatic carbocycles. The van der Waals surface area contributed by atoms with E-state index in [2.05, 4.69) is 4.74 Å². The number of aliphatic hydroxyl groups is 2. The Kier molecular flexibility index (Phi) is 5.72. The van der Waals surface area contributed by atoms with Crippen molar-refractivity contribution in [3.05, 3.63) is 0 Å². The largest absolute Gasteiger partial charge is 0.390 e. The Bertz CT molecular complexity index is 367. The predicted octanol–water partition coefficient (Wildman–Crippen LogP) is -0.838. The first kappa shape index (κ1) is 18.2. The van der Waals surface area contributed by atoms with E-state index in [4.69, 9.17) is 29.8 Å². The van der Waals surface area contributed by atoms with E-state index in [0.717, 1.165) is 13.8 Å². The van der Waals surface area contributed by atoms with Gasteiger partial charge in [0.15, 0.2) is 11.2 Å². The van der Waals surface area contributed by atoms with E-state index in [1.165, 1.54) is 0 Å². The third-order valence-electron chi connectivity index (χ3n) is 2.39. The van der Waals surface area contributed by atoms with Crippen molar-refractivity contribution >= 4 is 15.2 Å². The molecule has 1 aliphatic rings. The van der Waals surface area contributed by atoms with E-state index >= 15 is 0 Å². The van der Waals surface area contributed by atoms with Gasteiger partial charge in [-0.05, 0) is 20.8 Å². The fourth-order valence-corrected chi connectivity index (χ4v) is 2.15. The van der Waals surface area contributed by atoms with Crippen LogP contribution >= 0.6 is 15.2 Å². The van der Waals surface area contributed by atoms with Gasteiger partial charge in [-0.25, -0.2) is 0 Å². The van der Waals surface area contributed by atoms with Crippen LogP contribution in [0, 0.1) is 0 Å². The van der Waals surface area contributed by atoms with Gasteiger partial charge in [0, 0.05) is 0 Å². The minimum Gasteiger partial charge on any atom is -0.390 e. The van der Waals surface area contributed by atoms with Gasteiger partial charge in [0.05, 0.1) is 12.2 Å². The lowest BCUT2D eigenvalue weighted by molar-refractivity contribution is -0.00778. The van der Waals surface area contributed by atoms with Crippen molar-refractivity contribution in [2.75, 3.05) is 0 Å². The molecule has 9 nitrogen and oxygen atoms in total. The van der Waals surface area contributed by atoms with Gasteiger partial charge in [0.1, 0.15) is 0 Å². The lowest BCUT2D eigenvalue weighted by atomic mass is 10.2. The summed E-state index contributed by atoms with van der Waals surface area (Å²) in [6.07, 6.45) is -1.70. The smallest absolute Gasteiger partial charge is 0.359 e. The summed E-state index contributed by atoms with van der Waals surface area (Å²) >= 11 is 0. The molecular weight excluding hydrogens is 290 g/mol. The third-order valence-corrected chi connectivity index (χ3v) is 5.15. The van der Waals surface area contributed by atoms with E-state index in [0.29, 0.717) is 0 Å². The van der Waals surface area contributed by atoms with Crippen molar-refractivity contribution in [1.82, 2.24) is 0 Å². The fraction of sp³-hybridized carbons (Fsp3) is 1.00. The van der Waals surface area contributed by atoms with E-state index < -0.39 is 32.5 Å². The van der Waals surface area contributed by atoms with Crippen LogP contribution in [-0.2, 0) is 13.9 Å². The van der Waals surface area contributed by atoms with Gasteiger partial charge < -0.3 is 34.5 Å². The molecule has 1 fully saturated rings. The van der Waals surface area contributed by atoms with Crippen molar-refractivity contribution in [3.63, 3.8) is 0 Å². The van der Waals surface area contributed by atoms with Gasteiger partial charge in [0.2, 0.25) is 0 Å². The highest BCUT2D eigenvalue weighted by atomic mass is 31.2. The molecule has 0 aromatic rings. The Labute approximate surface area is 104 Å². The van der Waals surface area contributed by atoms with Crippen molar-refractivity contribution < 1.29 is 43.7 Å². The summed E-state index contributed by atoms with van der Waals surface area (Å²) in [7, 11) is -8.52. The molecule has 0 aromatic heterocycles. The SMILES string of the molecule is C[C@@H](O)[C@](C)(O)P(=O)(O)O.C[C@@H]1O[C@@H]1P(=O)(O)O. The lowest BCUT2D eigenvalue weighted by Gasteiger charge is -2.26. The highest BCUT2D eigenvalue weighted by Crippen LogP contribution is 2.52. The fourth-order valence-electron chi connectivity index (χ4n) is 0.771. The maximum Gasteiger partial charge on any atom is 0.359 e. The molecule has 0 amide bonds. The standard InChI is InChI=1S/C4H11O5P.C3H7O4P/c1-3(5)4(2,6)10(7,8)9;1-2-3(7-2)8(4,5)6/h3,5-6H,1-2H3,(H2,7,8,9);2-3H,1H3,(H2,4,5,6)/t3-,4-;2-,3+/m10/s1. The summed E-state index contributed by atoms with van der Waals surface area (Å²) in [6, 6.07) is 0. The first-order valence-corrected chi connectivity index (χ1v) is 8.17. The van der Waals surface area contributed by atoms with Crippen LogP contribution in [-0.4, -0.2) is 53.2 Å². The number of aliphatic hydroxyl groups excluding tert-OH is 1. The zero-order valence-electron chi connectivity index (χ0n) is 10.0. The molecule has 1 aliphatic heterocycles. The number of epoxide rings is 1. The number of ether oxygens (including phenoxy) is 1. The molecule has 0 unspecified atom stereocenters. The van der Waals surface area contributed by atoms with E-state index in [-0.39, 0.29) is 6.10 Å². The Morgan fingerprint density at radius 1 is 1.22 bits per heavy atom. The lowest BCUT2D eigenvalue weighted by Crippen LogP contribution is -2.36. The number of hydrogen-bond acceptors (Lipinski definition) is 5. The molecule has 0 bridgehead atoms. The Hall–Kier alpha value is 0.180. The van der Waals surface area contributed by atoms with Crippen LogP contribution in [0.15, 0.2) is 0 Å². The molecule has 1 rings (SSSR count). The van der Waals surface area contributed by atoms with Gasteiger partial charge in [0.25, 0.3) is 0 Å². The zero-order valence-corrected chi connectivity index (χ0v) is 11.8. The highest BCUT2D eigenvalue weighted by molar-refractivity contribution is 7.53. The third kappa shape index (κ3) is 5.05. The van der Waals surface area contributed by atoms with Crippen LogP contribution in [0.25, 0.3) is 0 Å². The molecule has 0 radical (unpaired) electrons. The predicted molar refractivity (Wildman–Crippen MR) is 60.7 cm³/mol. The van der Waals surface area contributed by atoms with Gasteiger partial charge in [-0.2, -0.15) is 0 Å². The van der Waals surface area contributed by atoms with Crippen molar-refractivity contribution in [3.8, 4) is 0 Å². The van der Waals surface area contributed by atoms with E-state index in [1.807, 2.05) is 0 Å². The average Bonchev–Trinajstić information content (AvgIpc) is 2.80. The summed E-state index contributed by atoms with van der Waals surface area (Å²) in [4.78, 5) is 33.5. The molecule has 18 heavy (non-hydrogen) atoms. The Morgan fingerprint density at radius 3 is 1.56 bits per heavy atom. The molecule has 0 aromatic carbocycles. The molecule has 11 heteroatoms. The van der Waals surface area contributed by atoms with Gasteiger partial charge in [-0.3, -0.25) is 9.13 Å². The van der Waals surface area contributed by atoms with Crippen LogP contribution in [0.5, 0.6) is 0 Å². The molecule has 1 saturated heterocycles. The van der Waals surface area contributed by atoms with Gasteiger partial charge in [-0.1, -0.05) is 0 Å². The van der Waals surface area contributed by atoms with Crippen molar-refractivity contribution in [2.24, 2.45) is 0 Å². The molecular formula is C7H18O9P2. The molecule has 110 valence electrons. The normalized spacial score (nSPS) is 28.7. The Morgan fingerprint density at radius 2 is 1.56 bits per heavy atom. The molecule has 0 saturated carbocycles. The monoisotopic (exact) mass is 308 g/mol. The van der Waals surface area contributed by atoms with Gasteiger partial charge >= 0.3 is 15.2 Å². The van der Waals surface area contributed by atoms with E-state index in [9.17, 15) is 9.13 Å². The second-order valence-corrected chi connectivity index (χ2v) is 7.82. The first-order valence-electron chi connectivity index (χ1n) is 4.88. The van der Waals surface area contributed by atoms with Crippen LogP contribution in [0.2, 0.25) is 0 Å². The quantitative estimate of drug-likeness (QED) is 0.287. The Balaban J connectivity index is 0.000000327.